The number of carbonyl (C=O) groups excluding carboxylic acids is 1. The van der Waals surface area contributed by atoms with E-state index < -0.39 is 0 Å². The van der Waals surface area contributed by atoms with E-state index in [4.69, 9.17) is 0 Å². The standard InChI is InChI=1S/C22H31N3O3/c1-4-17-9-7-8-13-23(17)20(26)15-25-19-11-6-5-10-18(19)21(27)24(22(25)28)14-12-16(2)3/h5-6,10-11,16-17H,4,7-9,12-15H2,1-3H3. The van der Waals surface area contributed by atoms with Crippen molar-refractivity contribution in [3.8, 4) is 0 Å². The zero-order chi connectivity index (χ0) is 20.3. The van der Waals surface area contributed by atoms with E-state index in [2.05, 4.69) is 20.8 Å². The van der Waals surface area contributed by atoms with Crippen LogP contribution in [-0.2, 0) is 17.9 Å². The third kappa shape index (κ3) is 4.05. The van der Waals surface area contributed by atoms with Gasteiger partial charge in [0.15, 0.2) is 0 Å². The van der Waals surface area contributed by atoms with E-state index in [1.54, 1.807) is 24.3 Å². The lowest BCUT2D eigenvalue weighted by Gasteiger charge is -2.35. The Morgan fingerprint density at radius 2 is 1.89 bits per heavy atom. The SMILES string of the molecule is CCC1CCCCN1C(=O)Cn1c(=O)n(CCC(C)C)c(=O)c2ccccc21. The molecule has 0 saturated carbocycles. The maximum atomic E-state index is 13.1. The highest BCUT2D eigenvalue weighted by Gasteiger charge is 2.26. The lowest BCUT2D eigenvalue weighted by atomic mass is 10.00. The maximum Gasteiger partial charge on any atom is 0.331 e. The molecule has 6 nitrogen and oxygen atoms in total. The van der Waals surface area contributed by atoms with Gasteiger partial charge in [0.2, 0.25) is 5.91 Å². The number of amides is 1. The molecule has 0 N–H and O–H groups in total. The molecule has 0 bridgehead atoms. The third-order valence-electron chi connectivity index (χ3n) is 5.77. The number of fused-ring (bicyclic) bond motifs is 1. The first-order valence-electron chi connectivity index (χ1n) is 10.5. The predicted molar refractivity (Wildman–Crippen MR) is 112 cm³/mol. The van der Waals surface area contributed by atoms with Crippen molar-refractivity contribution in [1.82, 2.24) is 14.0 Å². The van der Waals surface area contributed by atoms with Crippen molar-refractivity contribution >= 4 is 16.8 Å². The first kappa shape index (κ1) is 20.4. The van der Waals surface area contributed by atoms with Gasteiger partial charge in [-0.25, -0.2) is 4.79 Å². The van der Waals surface area contributed by atoms with E-state index in [1.807, 2.05) is 4.90 Å². The summed E-state index contributed by atoms with van der Waals surface area (Å²) >= 11 is 0. The average molecular weight is 386 g/mol. The van der Waals surface area contributed by atoms with Gasteiger partial charge < -0.3 is 4.90 Å². The highest BCUT2D eigenvalue weighted by Crippen LogP contribution is 2.20. The highest BCUT2D eigenvalue weighted by atomic mass is 16.2. The van der Waals surface area contributed by atoms with E-state index in [0.717, 1.165) is 38.6 Å². The molecule has 1 amide bonds. The van der Waals surface area contributed by atoms with Crippen molar-refractivity contribution in [1.29, 1.82) is 0 Å². The largest absolute Gasteiger partial charge is 0.338 e. The van der Waals surface area contributed by atoms with Crippen molar-refractivity contribution in [3.63, 3.8) is 0 Å². The Morgan fingerprint density at radius 3 is 2.61 bits per heavy atom. The number of piperidine rings is 1. The fourth-order valence-electron chi connectivity index (χ4n) is 4.09. The molecule has 152 valence electrons. The van der Waals surface area contributed by atoms with Crippen LogP contribution in [0.25, 0.3) is 10.9 Å². The Kier molecular flexibility index (Phi) is 6.37. The highest BCUT2D eigenvalue weighted by molar-refractivity contribution is 5.81. The zero-order valence-electron chi connectivity index (χ0n) is 17.2. The van der Waals surface area contributed by atoms with Gasteiger partial charge in [0.25, 0.3) is 5.56 Å². The number of rotatable bonds is 6. The molecule has 2 heterocycles. The predicted octanol–water partition coefficient (Wildman–Crippen LogP) is 3.00. The number of likely N-dealkylation sites (tertiary alicyclic amines) is 1. The van der Waals surface area contributed by atoms with E-state index in [0.29, 0.717) is 23.4 Å². The van der Waals surface area contributed by atoms with Crippen LogP contribution in [0.2, 0.25) is 0 Å². The third-order valence-corrected chi connectivity index (χ3v) is 5.77. The number of carbonyl (C=O) groups is 1. The van der Waals surface area contributed by atoms with E-state index >= 15 is 0 Å². The van der Waals surface area contributed by atoms with Crippen LogP contribution < -0.4 is 11.2 Å². The molecule has 28 heavy (non-hydrogen) atoms. The summed E-state index contributed by atoms with van der Waals surface area (Å²) in [5, 5.41) is 0.490. The number of benzene rings is 1. The Balaban J connectivity index is 2.03. The Labute approximate surface area is 165 Å². The minimum absolute atomic E-state index is 0.0161. The molecular formula is C22H31N3O3. The van der Waals surface area contributed by atoms with Crippen LogP contribution in [0.5, 0.6) is 0 Å². The van der Waals surface area contributed by atoms with Crippen molar-refractivity contribution in [2.45, 2.75) is 72.0 Å². The van der Waals surface area contributed by atoms with Gasteiger partial charge in [0, 0.05) is 19.1 Å². The van der Waals surface area contributed by atoms with Gasteiger partial charge in [0.05, 0.1) is 10.9 Å². The summed E-state index contributed by atoms with van der Waals surface area (Å²) in [7, 11) is 0. The molecule has 0 radical (unpaired) electrons. The fourth-order valence-corrected chi connectivity index (χ4v) is 4.09. The summed E-state index contributed by atoms with van der Waals surface area (Å²) in [5.74, 6) is 0.347. The van der Waals surface area contributed by atoms with Gasteiger partial charge in [0.1, 0.15) is 6.54 Å². The molecule has 1 saturated heterocycles. The second kappa shape index (κ2) is 8.76. The lowest BCUT2D eigenvalue weighted by Crippen LogP contribution is -2.47. The summed E-state index contributed by atoms with van der Waals surface area (Å²) in [6.07, 6.45) is 4.84. The normalized spacial score (nSPS) is 17.4. The van der Waals surface area contributed by atoms with Crippen LogP contribution in [0.3, 0.4) is 0 Å². The summed E-state index contributed by atoms with van der Waals surface area (Å²) in [5.41, 5.74) is -0.117. The average Bonchev–Trinajstić information content (AvgIpc) is 2.70. The molecule has 1 aromatic carbocycles. The molecule has 6 heteroatoms. The lowest BCUT2D eigenvalue weighted by molar-refractivity contribution is -0.135. The molecule has 1 unspecified atom stereocenters. The van der Waals surface area contributed by atoms with Crippen LogP contribution in [-0.4, -0.2) is 32.5 Å². The zero-order valence-corrected chi connectivity index (χ0v) is 17.2. The minimum atomic E-state index is -0.386. The van der Waals surface area contributed by atoms with E-state index in [-0.39, 0.29) is 29.7 Å². The number of hydrogen-bond acceptors (Lipinski definition) is 3. The summed E-state index contributed by atoms with van der Waals surface area (Å²) in [6, 6.07) is 7.34. The minimum Gasteiger partial charge on any atom is -0.338 e. The number of para-hydroxylation sites is 1. The number of nitrogens with zero attached hydrogens (tertiary/aromatic N) is 3. The molecule has 0 aliphatic carbocycles. The second-order valence-electron chi connectivity index (χ2n) is 8.17. The monoisotopic (exact) mass is 385 g/mol. The molecule has 0 spiro atoms. The van der Waals surface area contributed by atoms with Crippen molar-refractivity contribution in [3.05, 3.63) is 45.1 Å². The van der Waals surface area contributed by atoms with Gasteiger partial charge in [-0.2, -0.15) is 0 Å². The molecule has 1 aromatic heterocycles. The first-order chi connectivity index (χ1) is 13.4. The Morgan fingerprint density at radius 1 is 1.14 bits per heavy atom. The molecule has 1 aliphatic heterocycles. The quantitative estimate of drug-likeness (QED) is 0.768. The summed E-state index contributed by atoms with van der Waals surface area (Å²) in [6.45, 7) is 7.33. The second-order valence-corrected chi connectivity index (χ2v) is 8.17. The van der Waals surface area contributed by atoms with Crippen molar-refractivity contribution in [2.75, 3.05) is 6.54 Å². The van der Waals surface area contributed by atoms with E-state index in [9.17, 15) is 14.4 Å². The molecular weight excluding hydrogens is 354 g/mol. The van der Waals surface area contributed by atoms with Gasteiger partial charge in [-0.15, -0.1) is 0 Å². The number of aromatic nitrogens is 2. The van der Waals surface area contributed by atoms with Gasteiger partial charge in [-0.05, 0) is 50.2 Å². The first-order valence-corrected chi connectivity index (χ1v) is 10.5. The maximum absolute atomic E-state index is 13.1. The van der Waals surface area contributed by atoms with Crippen LogP contribution in [0.15, 0.2) is 33.9 Å². The molecule has 2 aromatic rings. The summed E-state index contributed by atoms with van der Waals surface area (Å²) < 4.78 is 2.78. The molecule has 1 atom stereocenters. The van der Waals surface area contributed by atoms with Gasteiger partial charge in [-0.1, -0.05) is 32.9 Å². The molecule has 1 aliphatic rings. The Bertz CT molecular complexity index is 958. The van der Waals surface area contributed by atoms with Crippen LogP contribution in [0.1, 0.15) is 52.9 Å². The fraction of sp³-hybridized carbons (Fsp3) is 0.591. The summed E-state index contributed by atoms with van der Waals surface area (Å²) in [4.78, 5) is 41.0. The van der Waals surface area contributed by atoms with E-state index in [1.165, 1.54) is 9.13 Å². The van der Waals surface area contributed by atoms with Crippen molar-refractivity contribution in [2.24, 2.45) is 5.92 Å². The Hall–Kier alpha value is -2.37. The van der Waals surface area contributed by atoms with Gasteiger partial charge >= 0.3 is 5.69 Å². The topological polar surface area (TPSA) is 64.3 Å². The molecule has 1 fully saturated rings. The van der Waals surface area contributed by atoms with Crippen molar-refractivity contribution < 1.29 is 4.79 Å². The molecule has 3 rings (SSSR count). The van der Waals surface area contributed by atoms with Crippen LogP contribution in [0, 0.1) is 5.92 Å². The number of hydrogen-bond donors (Lipinski definition) is 0. The van der Waals surface area contributed by atoms with Gasteiger partial charge in [-0.3, -0.25) is 18.7 Å². The van der Waals surface area contributed by atoms with Crippen LogP contribution in [0.4, 0.5) is 0 Å². The van der Waals surface area contributed by atoms with Crippen LogP contribution >= 0.6 is 0 Å². The smallest absolute Gasteiger partial charge is 0.331 e.